The summed E-state index contributed by atoms with van der Waals surface area (Å²) in [4.78, 5) is 29.0. The Labute approximate surface area is 199 Å². The Kier molecular flexibility index (Phi) is 6.99. The van der Waals surface area contributed by atoms with Crippen LogP contribution in [0, 0.1) is 13.8 Å². The van der Waals surface area contributed by atoms with Crippen molar-refractivity contribution in [3.05, 3.63) is 100.0 Å². The van der Waals surface area contributed by atoms with Crippen LogP contribution in [0.4, 0.5) is 5.69 Å². The van der Waals surface area contributed by atoms with Gasteiger partial charge in [0.2, 0.25) is 0 Å². The minimum Gasteiger partial charge on any atom is -0.494 e. The maximum Gasteiger partial charge on any atom is 0.272 e. The molecule has 0 atom stereocenters. The topological polar surface area (TPSA) is 46.6 Å². The van der Waals surface area contributed by atoms with Crippen LogP contribution >= 0.6 is 11.8 Å². The predicted octanol–water partition coefficient (Wildman–Crippen LogP) is 6.31. The van der Waals surface area contributed by atoms with Crippen LogP contribution < -0.4 is 9.64 Å². The number of hydrogen-bond acceptors (Lipinski definition) is 4. The maximum atomic E-state index is 13.6. The molecule has 2 amide bonds. The summed E-state index contributed by atoms with van der Waals surface area (Å²) in [5.41, 5.74) is 4.90. The van der Waals surface area contributed by atoms with Crippen molar-refractivity contribution >= 4 is 34.8 Å². The molecular formula is C28H27NO3S. The van der Waals surface area contributed by atoms with Crippen molar-refractivity contribution in [3.8, 4) is 5.75 Å². The van der Waals surface area contributed by atoms with Crippen LogP contribution in [-0.2, 0) is 15.3 Å². The number of hydrogen-bond donors (Lipinski definition) is 0. The summed E-state index contributed by atoms with van der Waals surface area (Å²) >= 11 is 1.41. The van der Waals surface area contributed by atoms with Gasteiger partial charge in [0, 0.05) is 5.75 Å². The number of imide groups is 1. The van der Waals surface area contributed by atoms with Gasteiger partial charge < -0.3 is 4.74 Å². The van der Waals surface area contributed by atoms with E-state index in [1.165, 1.54) is 16.7 Å². The zero-order chi connectivity index (χ0) is 23.4. The van der Waals surface area contributed by atoms with Crippen LogP contribution in [0.3, 0.4) is 0 Å². The number of thioether (sulfide) groups is 1. The van der Waals surface area contributed by atoms with Crippen molar-refractivity contribution in [2.45, 2.75) is 32.9 Å². The molecule has 168 valence electrons. The number of anilines is 1. The standard InChI is InChI=1S/C28H27NO3S/c1-4-14-32-24-12-10-22(11-13-24)25-26(33-18-21-8-6-5-7-9-21)28(31)29(27(25)30)23-16-19(2)15-20(3)17-23/h5-13,15-17H,4,14,18H2,1-3H3. The van der Waals surface area contributed by atoms with Gasteiger partial charge >= 0.3 is 0 Å². The highest BCUT2D eigenvalue weighted by Crippen LogP contribution is 2.40. The molecule has 0 spiro atoms. The number of carbonyl (C=O) groups excluding carboxylic acids is 2. The first-order valence-electron chi connectivity index (χ1n) is 11.1. The van der Waals surface area contributed by atoms with Gasteiger partial charge in [-0.05, 0) is 66.8 Å². The summed E-state index contributed by atoms with van der Waals surface area (Å²) < 4.78 is 5.69. The Morgan fingerprint density at radius 1 is 0.848 bits per heavy atom. The summed E-state index contributed by atoms with van der Waals surface area (Å²) in [6.45, 7) is 6.63. The van der Waals surface area contributed by atoms with Crippen LogP contribution in [0.15, 0.2) is 77.7 Å². The number of carbonyl (C=O) groups is 2. The number of amides is 2. The molecule has 1 heterocycles. The zero-order valence-electron chi connectivity index (χ0n) is 19.1. The van der Waals surface area contributed by atoms with Gasteiger partial charge in [-0.2, -0.15) is 0 Å². The molecular weight excluding hydrogens is 430 g/mol. The second-order valence-corrected chi connectivity index (χ2v) is 9.13. The first kappa shape index (κ1) is 22.9. The summed E-state index contributed by atoms with van der Waals surface area (Å²) in [6, 6.07) is 23.2. The highest BCUT2D eigenvalue weighted by Gasteiger charge is 2.40. The van der Waals surface area contributed by atoms with E-state index in [2.05, 4.69) is 6.92 Å². The number of rotatable bonds is 8. The fourth-order valence-corrected chi connectivity index (χ4v) is 4.95. The molecule has 0 N–H and O–H groups in total. The SMILES string of the molecule is CCCOc1ccc(C2=C(SCc3ccccc3)C(=O)N(c3cc(C)cc(C)c3)C2=O)cc1. The molecule has 0 bridgehead atoms. The van der Waals surface area contributed by atoms with Crippen LogP contribution in [0.2, 0.25) is 0 Å². The second-order valence-electron chi connectivity index (χ2n) is 8.14. The largest absolute Gasteiger partial charge is 0.494 e. The molecule has 0 aliphatic carbocycles. The fourth-order valence-electron chi connectivity index (χ4n) is 3.88. The van der Waals surface area contributed by atoms with Gasteiger partial charge in [-0.25, -0.2) is 4.90 Å². The minimum atomic E-state index is -0.289. The highest BCUT2D eigenvalue weighted by molar-refractivity contribution is 8.03. The van der Waals surface area contributed by atoms with Gasteiger partial charge in [0.1, 0.15) is 5.75 Å². The van der Waals surface area contributed by atoms with Crippen molar-refractivity contribution in [2.24, 2.45) is 0 Å². The zero-order valence-corrected chi connectivity index (χ0v) is 19.9. The summed E-state index contributed by atoms with van der Waals surface area (Å²) in [7, 11) is 0. The molecule has 4 rings (SSSR count). The van der Waals surface area contributed by atoms with Crippen molar-refractivity contribution < 1.29 is 14.3 Å². The van der Waals surface area contributed by atoms with E-state index in [1.54, 1.807) is 0 Å². The smallest absolute Gasteiger partial charge is 0.272 e. The Bertz CT molecular complexity index is 1180. The van der Waals surface area contributed by atoms with Gasteiger partial charge in [0.25, 0.3) is 11.8 Å². The van der Waals surface area contributed by atoms with Crippen LogP contribution in [0.1, 0.15) is 35.6 Å². The number of nitrogens with zero attached hydrogens (tertiary/aromatic N) is 1. The lowest BCUT2D eigenvalue weighted by Gasteiger charge is -2.17. The first-order valence-corrected chi connectivity index (χ1v) is 12.1. The van der Waals surface area contributed by atoms with Crippen LogP contribution in [-0.4, -0.2) is 18.4 Å². The monoisotopic (exact) mass is 457 g/mol. The Morgan fingerprint density at radius 3 is 2.15 bits per heavy atom. The van der Waals surface area contributed by atoms with Gasteiger partial charge in [-0.1, -0.05) is 55.5 Å². The molecule has 3 aromatic rings. The van der Waals surface area contributed by atoms with Crippen LogP contribution in [0.25, 0.3) is 5.57 Å². The van der Waals surface area contributed by atoms with E-state index in [4.69, 9.17) is 4.74 Å². The lowest BCUT2D eigenvalue weighted by Crippen LogP contribution is -2.31. The van der Waals surface area contributed by atoms with Crippen molar-refractivity contribution in [1.82, 2.24) is 0 Å². The van der Waals surface area contributed by atoms with E-state index in [1.807, 2.05) is 86.6 Å². The molecule has 0 aromatic heterocycles. The molecule has 3 aromatic carbocycles. The van der Waals surface area contributed by atoms with E-state index < -0.39 is 0 Å². The fraction of sp³-hybridized carbons (Fsp3) is 0.214. The molecule has 5 heteroatoms. The van der Waals surface area contributed by atoms with Gasteiger partial charge in [0.15, 0.2) is 0 Å². The molecule has 33 heavy (non-hydrogen) atoms. The summed E-state index contributed by atoms with van der Waals surface area (Å²) in [5.74, 6) is 0.800. The molecule has 0 radical (unpaired) electrons. The second kappa shape index (κ2) is 10.1. The molecule has 1 aliphatic rings. The van der Waals surface area contributed by atoms with E-state index in [-0.39, 0.29) is 11.8 Å². The lowest BCUT2D eigenvalue weighted by atomic mass is 10.1. The van der Waals surface area contributed by atoms with Gasteiger partial charge in [-0.15, -0.1) is 11.8 Å². The number of benzene rings is 3. The molecule has 4 nitrogen and oxygen atoms in total. The average Bonchev–Trinajstić information content (AvgIpc) is 3.06. The molecule has 0 unspecified atom stereocenters. The summed E-state index contributed by atoms with van der Waals surface area (Å²) in [5, 5.41) is 0. The normalized spacial score (nSPS) is 13.7. The Morgan fingerprint density at radius 2 is 1.52 bits per heavy atom. The molecule has 0 fully saturated rings. The Hall–Kier alpha value is -3.31. The van der Waals surface area contributed by atoms with E-state index in [0.29, 0.717) is 28.5 Å². The van der Waals surface area contributed by atoms with Crippen molar-refractivity contribution in [1.29, 1.82) is 0 Å². The highest BCUT2D eigenvalue weighted by atomic mass is 32.2. The number of aryl methyl sites for hydroxylation is 2. The minimum absolute atomic E-state index is 0.271. The molecule has 0 saturated carbocycles. The Balaban J connectivity index is 1.72. The van der Waals surface area contributed by atoms with Crippen LogP contribution in [0.5, 0.6) is 5.75 Å². The quantitative estimate of drug-likeness (QED) is 0.372. The van der Waals surface area contributed by atoms with E-state index >= 15 is 0 Å². The third-order valence-corrected chi connectivity index (χ3v) is 6.49. The third kappa shape index (κ3) is 5.04. The first-order chi connectivity index (χ1) is 16.0. The molecule has 1 aliphatic heterocycles. The summed E-state index contributed by atoms with van der Waals surface area (Å²) in [6.07, 6.45) is 0.922. The van der Waals surface area contributed by atoms with E-state index in [0.717, 1.165) is 34.4 Å². The van der Waals surface area contributed by atoms with E-state index in [9.17, 15) is 9.59 Å². The maximum absolute atomic E-state index is 13.6. The number of ether oxygens (including phenoxy) is 1. The lowest BCUT2D eigenvalue weighted by molar-refractivity contribution is -0.119. The predicted molar refractivity (Wildman–Crippen MR) is 135 cm³/mol. The molecule has 0 saturated heterocycles. The van der Waals surface area contributed by atoms with Crippen molar-refractivity contribution in [2.75, 3.05) is 11.5 Å². The van der Waals surface area contributed by atoms with Crippen molar-refractivity contribution in [3.63, 3.8) is 0 Å². The van der Waals surface area contributed by atoms with Gasteiger partial charge in [0.05, 0.1) is 22.8 Å². The average molecular weight is 458 g/mol. The third-order valence-electron chi connectivity index (χ3n) is 5.35. The van der Waals surface area contributed by atoms with Gasteiger partial charge in [-0.3, -0.25) is 9.59 Å².